The van der Waals surface area contributed by atoms with Crippen LogP contribution in [0.2, 0.25) is 0 Å². The van der Waals surface area contributed by atoms with E-state index in [-0.39, 0.29) is 5.92 Å². The summed E-state index contributed by atoms with van der Waals surface area (Å²) in [5, 5.41) is 13.9. The molecule has 0 amide bonds. The molecule has 3 heterocycles. The quantitative estimate of drug-likeness (QED) is 0.889. The second kappa shape index (κ2) is 4.73. The Labute approximate surface area is 115 Å². The number of anilines is 1. The first-order valence-electron chi connectivity index (χ1n) is 6.64. The van der Waals surface area contributed by atoms with E-state index in [4.69, 9.17) is 4.52 Å². The average Bonchev–Trinajstić information content (AvgIpc) is 2.79. The summed E-state index contributed by atoms with van der Waals surface area (Å²) >= 11 is 0. The van der Waals surface area contributed by atoms with Gasteiger partial charge in [0.05, 0.1) is 11.6 Å². The Morgan fingerprint density at radius 3 is 2.95 bits per heavy atom. The van der Waals surface area contributed by atoms with Gasteiger partial charge in [-0.05, 0) is 26.7 Å². The predicted octanol–water partition coefficient (Wildman–Crippen LogP) is 1.54. The molecule has 20 heavy (non-hydrogen) atoms. The minimum Gasteiger partial charge on any atom is -0.481 e. The van der Waals surface area contributed by atoms with Crippen molar-refractivity contribution in [3.63, 3.8) is 0 Å². The number of aliphatic carboxylic acids is 1. The fourth-order valence-corrected chi connectivity index (χ4v) is 2.67. The van der Waals surface area contributed by atoms with Crippen LogP contribution >= 0.6 is 0 Å². The Morgan fingerprint density at radius 2 is 2.20 bits per heavy atom. The van der Waals surface area contributed by atoms with Crippen molar-refractivity contribution in [1.82, 2.24) is 15.1 Å². The summed E-state index contributed by atoms with van der Waals surface area (Å²) in [6, 6.07) is 0. The van der Waals surface area contributed by atoms with Gasteiger partial charge in [0.2, 0.25) is 0 Å². The molecule has 7 nitrogen and oxygen atoms in total. The predicted molar refractivity (Wildman–Crippen MR) is 71.6 cm³/mol. The number of nitrogens with zero attached hydrogens (tertiary/aromatic N) is 4. The molecule has 2 aromatic heterocycles. The molecule has 0 spiro atoms. The molecule has 1 N–H and O–H groups in total. The lowest BCUT2D eigenvalue weighted by atomic mass is 9.98. The van der Waals surface area contributed by atoms with E-state index in [0.29, 0.717) is 24.5 Å². The normalized spacial score (nSPS) is 19.5. The second-order valence-corrected chi connectivity index (χ2v) is 5.17. The van der Waals surface area contributed by atoms with Crippen LogP contribution in [0.4, 0.5) is 5.82 Å². The Kier molecular flexibility index (Phi) is 3.04. The summed E-state index contributed by atoms with van der Waals surface area (Å²) in [5.41, 5.74) is 1.19. The molecule has 7 heteroatoms. The molecule has 0 bridgehead atoms. The minimum absolute atomic E-state index is 0.353. The Morgan fingerprint density at radius 1 is 1.40 bits per heavy atom. The first kappa shape index (κ1) is 12.8. The monoisotopic (exact) mass is 276 g/mol. The van der Waals surface area contributed by atoms with E-state index < -0.39 is 5.97 Å². The Bertz CT molecular complexity index is 667. The fourth-order valence-electron chi connectivity index (χ4n) is 2.67. The summed E-state index contributed by atoms with van der Waals surface area (Å²) in [6.45, 7) is 4.89. The molecule has 1 unspecified atom stereocenters. The van der Waals surface area contributed by atoms with Crippen LogP contribution in [0.1, 0.15) is 24.4 Å². The number of carbonyl (C=O) groups is 1. The van der Waals surface area contributed by atoms with Crippen LogP contribution < -0.4 is 4.90 Å². The van der Waals surface area contributed by atoms with E-state index in [1.807, 2.05) is 11.8 Å². The third-order valence-corrected chi connectivity index (χ3v) is 3.67. The third kappa shape index (κ3) is 2.09. The zero-order valence-electron chi connectivity index (χ0n) is 11.5. The van der Waals surface area contributed by atoms with E-state index in [9.17, 15) is 9.90 Å². The van der Waals surface area contributed by atoms with Crippen LogP contribution in [-0.4, -0.2) is 39.3 Å². The van der Waals surface area contributed by atoms with Crippen molar-refractivity contribution in [2.75, 3.05) is 18.0 Å². The first-order valence-corrected chi connectivity index (χ1v) is 6.64. The first-order chi connectivity index (χ1) is 9.56. The van der Waals surface area contributed by atoms with Crippen molar-refractivity contribution in [3.05, 3.63) is 11.5 Å². The zero-order valence-corrected chi connectivity index (χ0v) is 11.5. The van der Waals surface area contributed by atoms with Gasteiger partial charge in [-0.15, -0.1) is 0 Å². The molecule has 1 aliphatic rings. The molecule has 1 saturated heterocycles. The zero-order chi connectivity index (χ0) is 14.3. The van der Waals surface area contributed by atoms with E-state index in [1.165, 1.54) is 0 Å². The Balaban J connectivity index is 2.04. The van der Waals surface area contributed by atoms with E-state index in [2.05, 4.69) is 15.1 Å². The summed E-state index contributed by atoms with van der Waals surface area (Å²) < 4.78 is 5.19. The van der Waals surface area contributed by atoms with Gasteiger partial charge >= 0.3 is 5.97 Å². The molecule has 0 aliphatic carbocycles. The van der Waals surface area contributed by atoms with Gasteiger partial charge < -0.3 is 14.5 Å². The third-order valence-electron chi connectivity index (χ3n) is 3.67. The van der Waals surface area contributed by atoms with Crippen molar-refractivity contribution in [2.24, 2.45) is 5.92 Å². The molecular weight excluding hydrogens is 260 g/mol. The summed E-state index contributed by atoms with van der Waals surface area (Å²) in [5.74, 6) is 0.228. The molecule has 0 aromatic carbocycles. The number of hydrogen-bond donors (Lipinski definition) is 1. The maximum Gasteiger partial charge on any atom is 0.308 e. The molecular formula is C13H16N4O3. The van der Waals surface area contributed by atoms with Gasteiger partial charge in [-0.25, -0.2) is 4.98 Å². The number of carboxylic acids is 1. The number of fused-ring (bicyclic) bond motifs is 1. The maximum absolute atomic E-state index is 11.2. The number of aromatic nitrogens is 3. The highest BCUT2D eigenvalue weighted by Gasteiger charge is 2.28. The SMILES string of the molecule is Cc1nc(N2CCCC(C(=O)O)C2)c2c(C)noc2n1. The molecule has 0 saturated carbocycles. The van der Waals surface area contributed by atoms with Gasteiger partial charge in [-0.3, -0.25) is 4.79 Å². The number of hydrogen-bond acceptors (Lipinski definition) is 6. The lowest BCUT2D eigenvalue weighted by Crippen LogP contribution is -2.39. The minimum atomic E-state index is -0.751. The van der Waals surface area contributed by atoms with Crippen molar-refractivity contribution in [1.29, 1.82) is 0 Å². The molecule has 0 radical (unpaired) electrons. The van der Waals surface area contributed by atoms with Crippen LogP contribution in [0.25, 0.3) is 11.1 Å². The van der Waals surface area contributed by atoms with E-state index in [0.717, 1.165) is 29.9 Å². The summed E-state index contributed by atoms with van der Waals surface area (Å²) in [4.78, 5) is 21.9. The fraction of sp³-hybridized carbons (Fsp3) is 0.538. The topological polar surface area (TPSA) is 92.4 Å². The lowest BCUT2D eigenvalue weighted by molar-refractivity contribution is -0.141. The van der Waals surface area contributed by atoms with Crippen LogP contribution in [0.3, 0.4) is 0 Å². The van der Waals surface area contributed by atoms with Gasteiger partial charge in [0, 0.05) is 13.1 Å². The van der Waals surface area contributed by atoms with Gasteiger partial charge in [-0.1, -0.05) is 5.16 Å². The maximum atomic E-state index is 11.2. The van der Waals surface area contributed by atoms with Crippen molar-refractivity contribution in [2.45, 2.75) is 26.7 Å². The van der Waals surface area contributed by atoms with Crippen LogP contribution in [0, 0.1) is 19.8 Å². The summed E-state index contributed by atoms with van der Waals surface area (Å²) in [6.07, 6.45) is 1.55. The molecule has 1 atom stereocenters. The molecule has 1 aliphatic heterocycles. The number of aryl methyl sites for hydroxylation is 2. The number of piperidine rings is 1. The van der Waals surface area contributed by atoms with Crippen LogP contribution in [-0.2, 0) is 4.79 Å². The molecule has 1 fully saturated rings. The molecule has 106 valence electrons. The summed E-state index contributed by atoms with van der Waals surface area (Å²) in [7, 11) is 0. The number of rotatable bonds is 2. The number of carboxylic acid groups (broad SMARTS) is 1. The smallest absolute Gasteiger partial charge is 0.308 e. The molecule has 3 rings (SSSR count). The van der Waals surface area contributed by atoms with Crippen LogP contribution in [0.15, 0.2) is 4.52 Å². The van der Waals surface area contributed by atoms with Crippen LogP contribution in [0.5, 0.6) is 0 Å². The average molecular weight is 276 g/mol. The van der Waals surface area contributed by atoms with E-state index in [1.54, 1.807) is 6.92 Å². The standard InChI is InChI=1S/C13H16N4O3/c1-7-10-11(14-8(2)15-12(10)20-16-7)17-5-3-4-9(6-17)13(18)19/h9H,3-6H2,1-2H3,(H,18,19). The molecule has 2 aromatic rings. The highest BCUT2D eigenvalue weighted by atomic mass is 16.5. The van der Waals surface area contributed by atoms with Crippen molar-refractivity contribution in [3.8, 4) is 0 Å². The lowest BCUT2D eigenvalue weighted by Gasteiger charge is -2.31. The van der Waals surface area contributed by atoms with Crippen molar-refractivity contribution >= 4 is 22.9 Å². The van der Waals surface area contributed by atoms with Gasteiger partial charge in [-0.2, -0.15) is 4.98 Å². The highest BCUT2D eigenvalue weighted by molar-refractivity contribution is 5.88. The van der Waals surface area contributed by atoms with Gasteiger partial charge in [0.1, 0.15) is 17.0 Å². The van der Waals surface area contributed by atoms with E-state index >= 15 is 0 Å². The van der Waals surface area contributed by atoms with Gasteiger partial charge in [0.25, 0.3) is 5.71 Å². The largest absolute Gasteiger partial charge is 0.481 e. The highest BCUT2D eigenvalue weighted by Crippen LogP contribution is 2.30. The Hall–Kier alpha value is -2.18. The second-order valence-electron chi connectivity index (χ2n) is 5.17. The van der Waals surface area contributed by atoms with Crippen molar-refractivity contribution < 1.29 is 14.4 Å². The van der Waals surface area contributed by atoms with Gasteiger partial charge in [0.15, 0.2) is 0 Å².